The van der Waals surface area contributed by atoms with Crippen molar-refractivity contribution in [3.8, 4) is 0 Å². The summed E-state index contributed by atoms with van der Waals surface area (Å²) in [7, 11) is 0. The van der Waals surface area contributed by atoms with Gasteiger partial charge in [0.05, 0.1) is 19.3 Å². The molecule has 0 saturated carbocycles. The van der Waals surface area contributed by atoms with E-state index >= 15 is 0 Å². The number of oxime groups is 1. The zero-order valence-corrected chi connectivity index (χ0v) is 11.8. The zero-order chi connectivity index (χ0) is 14.7. The number of benzene rings is 1. The number of nitrogens with two attached hydrogens (primary N) is 1. The molecule has 0 aromatic heterocycles. The van der Waals surface area contributed by atoms with E-state index in [0.717, 1.165) is 16.8 Å². The van der Waals surface area contributed by atoms with Crippen LogP contribution >= 0.6 is 0 Å². The number of hydrogen-bond acceptors (Lipinski definition) is 5. The highest BCUT2D eigenvalue weighted by atomic mass is 16.5. The van der Waals surface area contributed by atoms with Crippen LogP contribution in [-0.2, 0) is 4.74 Å². The fourth-order valence-corrected chi connectivity index (χ4v) is 2.46. The van der Waals surface area contributed by atoms with Gasteiger partial charge in [0, 0.05) is 23.8 Å². The molecule has 1 aliphatic rings. The molecule has 1 aliphatic heterocycles. The molecular weight excluding hydrogens is 258 g/mol. The number of aliphatic hydroxyl groups excluding tert-OH is 1. The highest BCUT2D eigenvalue weighted by Gasteiger charge is 2.26. The van der Waals surface area contributed by atoms with Gasteiger partial charge >= 0.3 is 0 Å². The molecule has 0 bridgehead atoms. The summed E-state index contributed by atoms with van der Waals surface area (Å²) in [4.78, 5) is 2.20. The fourth-order valence-electron chi connectivity index (χ4n) is 2.46. The van der Waals surface area contributed by atoms with Crippen molar-refractivity contribution >= 4 is 11.5 Å². The van der Waals surface area contributed by atoms with E-state index in [9.17, 15) is 5.11 Å². The van der Waals surface area contributed by atoms with Crippen molar-refractivity contribution < 1.29 is 15.1 Å². The molecule has 2 atom stereocenters. The first kappa shape index (κ1) is 14.6. The topological polar surface area (TPSA) is 91.3 Å². The molecule has 1 fully saturated rings. The number of amidine groups is 1. The minimum Gasteiger partial charge on any atom is -0.409 e. The van der Waals surface area contributed by atoms with Crippen LogP contribution in [0.4, 0.5) is 5.69 Å². The highest BCUT2D eigenvalue weighted by Crippen LogP contribution is 2.24. The molecule has 2 unspecified atom stereocenters. The Kier molecular flexibility index (Phi) is 4.46. The molecule has 0 radical (unpaired) electrons. The largest absolute Gasteiger partial charge is 0.409 e. The Morgan fingerprint density at radius 2 is 2.30 bits per heavy atom. The average Bonchev–Trinajstić information content (AvgIpc) is 2.47. The van der Waals surface area contributed by atoms with Crippen LogP contribution in [-0.4, -0.2) is 48.1 Å². The first-order valence-electron chi connectivity index (χ1n) is 6.64. The number of aryl methyl sites for hydroxylation is 1. The molecule has 20 heavy (non-hydrogen) atoms. The molecular formula is C14H21N3O3. The first-order chi connectivity index (χ1) is 9.56. The lowest BCUT2D eigenvalue weighted by Gasteiger charge is -2.39. The van der Waals surface area contributed by atoms with Gasteiger partial charge < -0.3 is 25.7 Å². The number of anilines is 1. The average molecular weight is 279 g/mol. The van der Waals surface area contributed by atoms with E-state index in [1.807, 2.05) is 25.1 Å². The molecule has 1 heterocycles. The number of aliphatic hydroxyl groups is 1. The molecule has 2 rings (SSSR count). The Hall–Kier alpha value is -1.79. The minimum atomic E-state index is -0.157. The van der Waals surface area contributed by atoms with E-state index in [0.29, 0.717) is 13.2 Å². The second-order valence-electron chi connectivity index (χ2n) is 5.12. The van der Waals surface area contributed by atoms with Gasteiger partial charge in [0.2, 0.25) is 0 Å². The maximum Gasteiger partial charge on any atom is 0.170 e. The molecule has 0 amide bonds. The second-order valence-corrected chi connectivity index (χ2v) is 5.12. The van der Waals surface area contributed by atoms with Gasteiger partial charge in [-0.3, -0.25) is 0 Å². The van der Waals surface area contributed by atoms with Crippen LogP contribution in [0.5, 0.6) is 0 Å². The van der Waals surface area contributed by atoms with Gasteiger partial charge in [0.1, 0.15) is 0 Å². The van der Waals surface area contributed by atoms with Gasteiger partial charge in [0.15, 0.2) is 5.84 Å². The van der Waals surface area contributed by atoms with Crippen molar-refractivity contribution in [2.45, 2.75) is 26.0 Å². The van der Waals surface area contributed by atoms with Crippen molar-refractivity contribution in [3.63, 3.8) is 0 Å². The molecule has 1 aromatic rings. The van der Waals surface area contributed by atoms with Crippen LogP contribution in [0.25, 0.3) is 0 Å². The SMILES string of the molecule is Cc1cc(N2CC(CO)OCC2C)ccc1/C(N)=N/O. The fraction of sp³-hybridized carbons (Fsp3) is 0.500. The van der Waals surface area contributed by atoms with E-state index in [4.69, 9.17) is 15.7 Å². The van der Waals surface area contributed by atoms with E-state index < -0.39 is 0 Å². The van der Waals surface area contributed by atoms with Crippen LogP contribution in [0.2, 0.25) is 0 Å². The van der Waals surface area contributed by atoms with Gasteiger partial charge in [-0.15, -0.1) is 0 Å². The Morgan fingerprint density at radius 3 is 2.90 bits per heavy atom. The molecule has 0 aliphatic carbocycles. The molecule has 110 valence electrons. The Bertz CT molecular complexity index is 504. The summed E-state index contributed by atoms with van der Waals surface area (Å²) in [5, 5.41) is 21.0. The Morgan fingerprint density at radius 1 is 1.55 bits per heavy atom. The molecule has 0 spiro atoms. The zero-order valence-electron chi connectivity index (χ0n) is 11.8. The summed E-state index contributed by atoms with van der Waals surface area (Å²) in [6.45, 7) is 5.27. The lowest BCUT2D eigenvalue weighted by molar-refractivity contribution is -0.0103. The van der Waals surface area contributed by atoms with E-state index in [-0.39, 0.29) is 24.6 Å². The van der Waals surface area contributed by atoms with Crippen LogP contribution in [0, 0.1) is 6.92 Å². The molecule has 1 aromatic carbocycles. The lowest BCUT2D eigenvalue weighted by Crippen LogP contribution is -2.49. The number of hydrogen-bond donors (Lipinski definition) is 3. The number of rotatable bonds is 3. The quantitative estimate of drug-likeness (QED) is 0.327. The van der Waals surface area contributed by atoms with Gasteiger partial charge in [0.25, 0.3) is 0 Å². The van der Waals surface area contributed by atoms with Crippen LogP contribution in [0.15, 0.2) is 23.4 Å². The van der Waals surface area contributed by atoms with Gasteiger partial charge in [-0.05, 0) is 37.6 Å². The van der Waals surface area contributed by atoms with Crippen molar-refractivity contribution in [3.05, 3.63) is 29.3 Å². The maximum atomic E-state index is 9.23. The Balaban J connectivity index is 2.26. The maximum absolute atomic E-state index is 9.23. The minimum absolute atomic E-state index is 0.0183. The molecule has 6 heteroatoms. The summed E-state index contributed by atoms with van der Waals surface area (Å²) >= 11 is 0. The van der Waals surface area contributed by atoms with Crippen LogP contribution < -0.4 is 10.6 Å². The van der Waals surface area contributed by atoms with E-state index in [2.05, 4.69) is 17.0 Å². The number of nitrogens with zero attached hydrogens (tertiary/aromatic N) is 2. The highest BCUT2D eigenvalue weighted by molar-refractivity contribution is 5.98. The second kappa shape index (κ2) is 6.11. The van der Waals surface area contributed by atoms with Crippen molar-refractivity contribution in [1.82, 2.24) is 0 Å². The summed E-state index contributed by atoms with van der Waals surface area (Å²) in [6, 6.07) is 6.03. The lowest BCUT2D eigenvalue weighted by atomic mass is 10.0. The third-order valence-electron chi connectivity index (χ3n) is 3.63. The predicted molar refractivity (Wildman–Crippen MR) is 77.3 cm³/mol. The summed E-state index contributed by atoms with van der Waals surface area (Å²) in [6.07, 6.45) is -0.157. The number of ether oxygens (including phenoxy) is 1. The third kappa shape index (κ3) is 2.86. The Labute approximate surface area is 118 Å². The molecule has 1 saturated heterocycles. The summed E-state index contributed by atoms with van der Waals surface area (Å²) in [5.74, 6) is 0.109. The summed E-state index contributed by atoms with van der Waals surface area (Å²) in [5.41, 5.74) is 8.34. The smallest absolute Gasteiger partial charge is 0.170 e. The molecule has 4 N–H and O–H groups in total. The predicted octanol–water partition coefficient (Wildman–Crippen LogP) is 0.676. The van der Waals surface area contributed by atoms with Gasteiger partial charge in [-0.25, -0.2) is 0 Å². The number of morpholine rings is 1. The van der Waals surface area contributed by atoms with E-state index in [1.54, 1.807) is 0 Å². The normalized spacial score (nSPS) is 23.9. The van der Waals surface area contributed by atoms with Crippen molar-refractivity contribution in [2.24, 2.45) is 10.9 Å². The molecule has 6 nitrogen and oxygen atoms in total. The van der Waals surface area contributed by atoms with Gasteiger partial charge in [-0.2, -0.15) is 0 Å². The van der Waals surface area contributed by atoms with Crippen molar-refractivity contribution in [1.29, 1.82) is 0 Å². The monoisotopic (exact) mass is 279 g/mol. The standard InChI is InChI=1S/C14H21N3O3/c1-9-5-11(3-4-13(9)14(15)16-19)17-6-12(7-18)20-8-10(17)2/h3-5,10,12,18-19H,6-8H2,1-2H3,(H2,15,16). The van der Waals surface area contributed by atoms with Gasteiger partial charge in [-0.1, -0.05) is 5.16 Å². The first-order valence-corrected chi connectivity index (χ1v) is 6.64. The summed E-state index contributed by atoms with van der Waals surface area (Å²) < 4.78 is 5.54. The van der Waals surface area contributed by atoms with Crippen LogP contribution in [0.3, 0.4) is 0 Å². The van der Waals surface area contributed by atoms with E-state index in [1.165, 1.54) is 0 Å². The third-order valence-corrected chi connectivity index (χ3v) is 3.63. The van der Waals surface area contributed by atoms with Crippen molar-refractivity contribution in [2.75, 3.05) is 24.7 Å². The van der Waals surface area contributed by atoms with Crippen LogP contribution in [0.1, 0.15) is 18.1 Å².